The molecule has 104 valence electrons. The van der Waals surface area contributed by atoms with Crippen molar-refractivity contribution in [2.24, 2.45) is 5.73 Å². The van der Waals surface area contributed by atoms with Gasteiger partial charge in [-0.25, -0.2) is 4.79 Å². The normalized spacial score (nSPS) is 17.4. The molecule has 1 aromatic carbocycles. The first-order valence-electron chi connectivity index (χ1n) is 6.89. The van der Waals surface area contributed by atoms with Gasteiger partial charge < -0.3 is 15.4 Å². The van der Waals surface area contributed by atoms with Crippen molar-refractivity contribution in [3.63, 3.8) is 0 Å². The maximum atomic E-state index is 11.9. The predicted molar refractivity (Wildman–Crippen MR) is 76.7 cm³/mol. The number of fused-ring (bicyclic) bond motifs is 1. The minimum absolute atomic E-state index is 0.243. The Morgan fingerprint density at radius 3 is 2.95 bits per heavy atom. The van der Waals surface area contributed by atoms with Crippen molar-refractivity contribution in [3.8, 4) is 0 Å². The van der Waals surface area contributed by atoms with Gasteiger partial charge in [-0.05, 0) is 24.1 Å². The van der Waals surface area contributed by atoms with Gasteiger partial charge in [0, 0.05) is 31.2 Å². The van der Waals surface area contributed by atoms with E-state index < -0.39 is 0 Å². The minimum Gasteiger partial charge on any atom is -0.465 e. The average Bonchev–Trinajstić information content (AvgIpc) is 2.77. The van der Waals surface area contributed by atoms with Crippen LogP contribution >= 0.6 is 0 Å². The Morgan fingerprint density at radius 1 is 1.53 bits per heavy atom. The molecule has 19 heavy (non-hydrogen) atoms. The number of ether oxygens (including phenoxy) is 1. The molecule has 0 saturated heterocycles. The van der Waals surface area contributed by atoms with Crippen molar-refractivity contribution < 1.29 is 9.53 Å². The van der Waals surface area contributed by atoms with Crippen LogP contribution < -0.4 is 10.6 Å². The highest BCUT2D eigenvalue weighted by molar-refractivity contribution is 5.94. The lowest BCUT2D eigenvalue weighted by molar-refractivity contribution is 0.0599. The van der Waals surface area contributed by atoms with Gasteiger partial charge in [-0.1, -0.05) is 19.4 Å². The van der Waals surface area contributed by atoms with Gasteiger partial charge in [-0.2, -0.15) is 0 Å². The van der Waals surface area contributed by atoms with Crippen LogP contribution in [0, 0.1) is 0 Å². The molecule has 0 saturated carbocycles. The Bertz CT molecular complexity index is 459. The highest BCUT2D eigenvalue weighted by atomic mass is 16.5. The molecular formula is C15H22N2O2. The van der Waals surface area contributed by atoms with Gasteiger partial charge in [-0.3, -0.25) is 0 Å². The summed E-state index contributed by atoms with van der Waals surface area (Å²) >= 11 is 0. The third-order valence-corrected chi connectivity index (χ3v) is 3.71. The van der Waals surface area contributed by atoms with E-state index in [9.17, 15) is 4.79 Å². The van der Waals surface area contributed by atoms with Crippen LogP contribution in [0.15, 0.2) is 18.2 Å². The maximum absolute atomic E-state index is 11.9. The number of methoxy groups -OCH3 is 1. The summed E-state index contributed by atoms with van der Waals surface area (Å²) in [5.41, 5.74) is 8.67. The molecule has 1 atom stereocenters. The van der Waals surface area contributed by atoms with Crippen molar-refractivity contribution in [2.75, 3.05) is 31.6 Å². The summed E-state index contributed by atoms with van der Waals surface area (Å²) in [6.07, 6.45) is 2.19. The van der Waals surface area contributed by atoms with Gasteiger partial charge in [0.2, 0.25) is 0 Å². The molecule has 0 aromatic heterocycles. The topological polar surface area (TPSA) is 55.6 Å². The molecule has 0 radical (unpaired) electrons. The second kappa shape index (κ2) is 6.06. The third-order valence-electron chi connectivity index (χ3n) is 3.71. The smallest absolute Gasteiger partial charge is 0.338 e. The second-order valence-corrected chi connectivity index (χ2v) is 4.95. The molecule has 0 fully saturated rings. The van der Waals surface area contributed by atoms with Crippen molar-refractivity contribution in [1.29, 1.82) is 0 Å². The van der Waals surface area contributed by atoms with Crippen molar-refractivity contribution >= 4 is 11.7 Å². The summed E-state index contributed by atoms with van der Waals surface area (Å²) in [5.74, 6) is 0.161. The zero-order chi connectivity index (χ0) is 13.8. The molecule has 1 heterocycles. The number of esters is 1. The highest BCUT2D eigenvalue weighted by Crippen LogP contribution is 2.40. The summed E-state index contributed by atoms with van der Waals surface area (Å²) in [5, 5.41) is 0. The fourth-order valence-electron chi connectivity index (χ4n) is 2.95. The Labute approximate surface area is 114 Å². The van der Waals surface area contributed by atoms with Gasteiger partial charge in [-0.15, -0.1) is 0 Å². The van der Waals surface area contributed by atoms with E-state index in [-0.39, 0.29) is 5.97 Å². The zero-order valence-electron chi connectivity index (χ0n) is 11.7. The predicted octanol–water partition coefficient (Wildman–Crippen LogP) is 2.14. The van der Waals surface area contributed by atoms with E-state index in [2.05, 4.69) is 17.9 Å². The molecule has 0 bridgehead atoms. The summed E-state index contributed by atoms with van der Waals surface area (Å²) in [4.78, 5) is 14.2. The Balaban J connectivity index is 2.43. The number of nitrogens with two attached hydrogens (primary N) is 1. The second-order valence-electron chi connectivity index (χ2n) is 4.95. The molecule has 0 spiro atoms. The van der Waals surface area contributed by atoms with Crippen LogP contribution in [0.3, 0.4) is 0 Å². The lowest BCUT2D eigenvalue weighted by Crippen LogP contribution is -2.28. The standard InChI is InChI=1S/C15H22N2O2/c1-3-5-11-10-17(9-8-16)13-7-4-6-12(14(11)13)15(18)19-2/h4,6-7,11H,3,5,8-10,16H2,1-2H3. The van der Waals surface area contributed by atoms with E-state index in [1.54, 1.807) is 0 Å². The molecular weight excluding hydrogens is 240 g/mol. The number of nitrogens with zero attached hydrogens (tertiary/aromatic N) is 1. The van der Waals surface area contributed by atoms with Crippen LogP contribution in [-0.2, 0) is 4.74 Å². The first-order chi connectivity index (χ1) is 9.22. The SMILES string of the molecule is CCCC1CN(CCN)c2cccc(C(=O)OC)c21. The van der Waals surface area contributed by atoms with E-state index in [1.165, 1.54) is 7.11 Å². The molecule has 1 unspecified atom stereocenters. The molecule has 2 N–H and O–H groups in total. The molecule has 4 nitrogen and oxygen atoms in total. The Kier molecular flexibility index (Phi) is 4.43. The molecule has 2 rings (SSSR count). The first-order valence-corrected chi connectivity index (χ1v) is 6.89. The summed E-state index contributed by atoms with van der Waals surface area (Å²) < 4.78 is 4.90. The summed E-state index contributed by atoms with van der Waals surface area (Å²) in [6, 6.07) is 5.86. The lowest BCUT2D eigenvalue weighted by Gasteiger charge is -2.18. The van der Waals surface area contributed by atoms with E-state index in [0.29, 0.717) is 18.0 Å². The minimum atomic E-state index is -0.243. The number of hydrogen-bond acceptors (Lipinski definition) is 4. The highest BCUT2D eigenvalue weighted by Gasteiger charge is 2.31. The number of carbonyl (C=O) groups is 1. The molecule has 4 heteroatoms. The van der Waals surface area contributed by atoms with Crippen LogP contribution in [0.1, 0.15) is 41.6 Å². The number of hydrogen-bond donors (Lipinski definition) is 1. The van der Waals surface area contributed by atoms with Crippen LogP contribution in [-0.4, -0.2) is 32.7 Å². The monoisotopic (exact) mass is 262 g/mol. The van der Waals surface area contributed by atoms with Gasteiger partial charge in [0.15, 0.2) is 0 Å². The van der Waals surface area contributed by atoms with Crippen LogP contribution in [0.25, 0.3) is 0 Å². The number of rotatable bonds is 5. The molecule has 0 aliphatic carbocycles. The maximum Gasteiger partial charge on any atom is 0.338 e. The zero-order valence-corrected chi connectivity index (χ0v) is 11.7. The quantitative estimate of drug-likeness (QED) is 0.826. The van der Waals surface area contributed by atoms with Gasteiger partial charge in [0.1, 0.15) is 0 Å². The fourth-order valence-corrected chi connectivity index (χ4v) is 2.95. The van der Waals surface area contributed by atoms with Crippen LogP contribution in [0.4, 0.5) is 5.69 Å². The third kappa shape index (κ3) is 2.59. The average molecular weight is 262 g/mol. The summed E-state index contributed by atoms with van der Waals surface area (Å²) in [6.45, 7) is 4.58. The van der Waals surface area contributed by atoms with E-state index in [0.717, 1.165) is 37.2 Å². The largest absolute Gasteiger partial charge is 0.465 e. The van der Waals surface area contributed by atoms with Crippen LogP contribution in [0.2, 0.25) is 0 Å². The molecule has 1 aliphatic heterocycles. The van der Waals surface area contributed by atoms with Crippen molar-refractivity contribution in [2.45, 2.75) is 25.7 Å². The van der Waals surface area contributed by atoms with Crippen LogP contribution in [0.5, 0.6) is 0 Å². The molecule has 1 aromatic rings. The molecule has 1 aliphatic rings. The van der Waals surface area contributed by atoms with Crippen molar-refractivity contribution in [1.82, 2.24) is 0 Å². The van der Waals surface area contributed by atoms with E-state index >= 15 is 0 Å². The Morgan fingerprint density at radius 2 is 2.32 bits per heavy atom. The Hall–Kier alpha value is -1.55. The molecule has 0 amide bonds. The van der Waals surface area contributed by atoms with Gasteiger partial charge >= 0.3 is 5.97 Å². The van der Waals surface area contributed by atoms with E-state index in [4.69, 9.17) is 10.5 Å². The fraction of sp³-hybridized carbons (Fsp3) is 0.533. The van der Waals surface area contributed by atoms with Gasteiger partial charge in [0.25, 0.3) is 0 Å². The lowest BCUT2D eigenvalue weighted by atomic mass is 9.92. The van der Waals surface area contributed by atoms with Gasteiger partial charge in [0.05, 0.1) is 12.7 Å². The first kappa shape index (κ1) is 13.9. The number of anilines is 1. The van der Waals surface area contributed by atoms with E-state index in [1.807, 2.05) is 12.1 Å². The van der Waals surface area contributed by atoms with Crippen molar-refractivity contribution in [3.05, 3.63) is 29.3 Å². The summed E-state index contributed by atoms with van der Waals surface area (Å²) in [7, 11) is 1.43. The number of benzene rings is 1. The number of carbonyl (C=O) groups excluding carboxylic acids is 1.